The van der Waals surface area contributed by atoms with Gasteiger partial charge in [0.05, 0.1) is 24.6 Å². The minimum absolute atomic E-state index is 0.198. The largest absolute Gasteiger partial charge is 0.323 e. The van der Waals surface area contributed by atoms with Crippen LogP contribution in [0.15, 0.2) is 85.6 Å². The van der Waals surface area contributed by atoms with E-state index >= 15 is 0 Å². The number of hydrogen-bond donors (Lipinski definition) is 1. The van der Waals surface area contributed by atoms with Gasteiger partial charge in [-0.05, 0) is 48.6 Å². The molecule has 35 heavy (non-hydrogen) atoms. The molecule has 0 spiro atoms. The summed E-state index contributed by atoms with van der Waals surface area (Å²) in [7, 11) is 3.64. The van der Waals surface area contributed by atoms with Crippen molar-refractivity contribution in [2.45, 2.75) is 6.54 Å². The third kappa shape index (κ3) is 6.61. The van der Waals surface area contributed by atoms with Crippen LogP contribution >= 0.6 is 0 Å². The van der Waals surface area contributed by atoms with Crippen LogP contribution in [0.25, 0.3) is 12.2 Å². The fraction of sp³-hybridized carbons (Fsp3) is 0.115. The van der Waals surface area contributed by atoms with E-state index in [1.54, 1.807) is 69.3 Å². The van der Waals surface area contributed by atoms with Crippen molar-refractivity contribution in [3.8, 4) is 0 Å². The van der Waals surface area contributed by atoms with Gasteiger partial charge >= 0.3 is 0 Å². The third-order valence-corrected chi connectivity index (χ3v) is 5.05. The summed E-state index contributed by atoms with van der Waals surface area (Å²) in [6.45, 7) is 0.302. The van der Waals surface area contributed by atoms with Gasteiger partial charge in [0.25, 0.3) is 5.91 Å². The Morgan fingerprint density at radius 1 is 0.914 bits per heavy atom. The fourth-order valence-electron chi connectivity index (χ4n) is 3.34. The highest BCUT2D eigenvalue weighted by molar-refractivity contribution is 6.04. The van der Waals surface area contributed by atoms with Crippen molar-refractivity contribution >= 4 is 35.3 Å². The monoisotopic (exact) mass is 467 g/mol. The Hall–Kier alpha value is -4.79. The molecule has 0 aliphatic rings. The molecule has 0 radical (unpaired) electrons. The molecular formula is C26H25N7O2. The number of carbonyl (C=O) groups excluding carboxylic acids is 2. The smallest absolute Gasteiger partial charge is 0.251 e. The van der Waals surface area contributed by atoms with Crippen molar-refractivity contribution in [3.05, 3.63) is 102 Å². The van der Waals surface area contributed by atoms with E-state index in [4.69, 9.17) is 0 Å². The Bertz CT molecular complexity index is 1350. The molecule has 176 valence electrons. The van der Waals surface area contributed by atoms with Gasteiger partial charge in [-0.2, -0.15) is 10.2 Å². The highest BCUT2D eigenvalue weighted by Gasteiger charge is 2.15. The van der Waals surface area contributed by atoms with Gasteiger partial charge in [0.15, 0.2) is 0 Å². The van der Waals surface area contributed by atoms with Crippen LogP contribution < -0.4 is 10.2 Å². The number of aryl methyl sites for hydroxylation is 2. The maximum absolute atomic E-state index is 13.1. The van der Waals surface area contributed by atoms with E-state index in [0.717, 1.165) is 16.8 Å². The van der Waals surface area contributed by atoms with E-state index in [9.17, 15) is 9.59 Å². The van der Waals surface area contributed by atoms with Gasteiger partial charge in [0, 0.05) is 67.3 Å². The van der Waals surface area contributed by atoms with Crippen molar-refractivity contribution in [1.29, 1.82) is 0 Å². The highest BCUT2D eigenvalue weighted by Crippen LogP contribution is 2.21. The summed E-state index contributed by atoms with van der Waals surface area (Å²) >= 11 is 0. The zero-order valence-electron chi connectivity index (χ0n) is 19.4. The summed E-state index contributed by atoms with van der Waals surface area (Å²) in [4.78, 5) is 31.4. The van der Waals surface area contributed by atoms with Crippen LogP contribution in [0.3, 0.4) is 0 Å². The van der Waals surface area contributed by atoms with Crippen LogP contribution in [0.1, 0.15) is 16.8 Å². The number of benzene rings is 1. The second-order valence-corrected chi connectivity index (χ2v) is 7.84. The number of nitrogens with one attached hydrogen (secondary N) is 1. The molecule has 9 nitrogen and oxygen atoms in total. The van der Waals surface area contributed by atoms with E-state index in [0.29, 0.717) is 17.9 Å². The van der Waals surface area contributed by atoms with Crippen LogP contribution in [-0.4, -0.2) is 36.4 Å². The third-order valence-electron chi connectivity index (χ3n) is 5.05. The quantitative estimate of drug-likeness (QED) is 0.400. The summed E-state index contributed by atoms with van der Waals surface area (Å²) in [6, 6.07) is 12.7. The van der Waals surface area contributed by atoms with Crippen LogP contribution in [0.5, 0.6) is 0 Å². The average molecular weight is 468 g/mol. The molecule has 0 fully saturated rings. The lowest BCUT2D eigenvalue weighted by Crippen LogP contribution is -2.29. The van der Waals surface area contributed by atoms with Gasteiger partial charge < -0.3 is 10.2 Å². The topological polar surface area (TPSA) is 97.9 Å². The minimum atomic E-state index is -0.262. The summed E-state index contributed by atoms with van der Waals surface area (Å²) < 4.78 is 3.34. The van der Waals surface area contributed by atoms with Gasteiger partial charge in [-0.25, -0.2) is 0 Å². The molecule has 0 aliphatic heterocycles. The zero-order chi connectivity index (χ0) is 24.6. The lowest BCUT2D eigenvalue weighted by molar-refractivity contribution is -0.114. The molecule has 2 amide bonds. The van der Waals surface area contributed by atoms with E-state index in [2.05, 4.69) is 20.5 Å². The first-order valence-electron chi connectivity index (χ1n) is 10.9. The molecule has 3 aromatic heterocycles. The van der Waals surface area contributed by atoms with E-state index < -0.39 is 0 Å². The maximum Gasteiger partial charge on any atom is 0.251 e. The predicted molar refractivity (Wildman–Crippen MR) is 135 cm³/mol. The van der Waals surface area contributed by atoms with Crippen molar-refractivity contribution < 1.29 is 9.59 Å². The molecule has 4 aromatic rings. The number of carbonyl (C=O) groups is 2. The van der Waals surface area contributed by atoms with Crippen molar-refractivity contribution in [2.24, 2.45) is 14.1 Å². The molecule has 0 atom stereocenters. The molecule has 0 aliphatic carbocycles. The molecule has 9 heteroatoms. The van der Waals surface area contributed by atoms with Gasteiger partial charge in [-0.1, -0.05) is 6.07 Å². The average Bonchev–Trinajstić information content (AvgIpc) is 3.48. The normalized spacial score (nSPS) is 11.3. The number of hydrogen-bond acceptors (Lipinski definition) is 5. The summed E-state index contributed by atoms with van der Waals surface area (Å²) in [5.41, 5.74) is 3.72. The molecule has 0 saturated heterocycles. The van der Waals surface area contributed by atoms with E-state index in [-0.39, 0.29) is 11.8 Å². The molecule has 0 saturated carbocycles. The summed E-state index contributed by atoms with van der Waals surface area (Å²) in [5, 5.41) is 11.0. The van der Waals surface area contributed by atoms with Crippen molar-refractivity contribution in [2.75, 3.05) is 10.2 Å². The Balaban J connectivity index is 1.48. The molecule has 4 rings (SSSR count). The Morgan fingerprint density at radius 2 is 1.57 bits per heavy atom. The van der Waals surface area contributed by atoms with Crippen LogP contribution in [0.2, 0.25) is 0 Å². The maximum atomic E-state index is 13.1. The van der Waals surface area contributed by atoms with Crippen molar-refractivity contribution in [1.82, 2.24) is 24.5 Å². The zero-order valence-corrected chi connectivity index (χ0v) is 19.4. The standard InChI is InChI=1S/C26H25N7O2/c1-31-17-20(15-28-31)6-12-25(34)30-22-8-10-24(11-9-22)33(19-23-5-3-4-14-27-23)26(35)13-7-21-16-29-32(2)18-21/h3-18H,19H2,1-2H3,(H,30,34)/b12-6+,13-7+. The fourth-order valence-corrected chi connectivity index (χ4v) is 3.34. The van der Waals surface area contributed by atoms with Gasteiger partial charge in [-0.15, -0.1) is 0 Å². The van der Waals surface area contributed by atoms with E-state index in [1.807, 2.05) is 44.7 Å². The first-order chi connectivity index (χ1) is 17.0. The number of rotatable bonds is 8. The highest BCUT2D eigenvalue weighted by atomic mass is 16.2. The number of amides is 2. The second kappa shape index (κ2) is 10.9. The predicted octanol–water partition coefficient (Wildman–Crippen LogP) is 3.45. The lowest BCUT2D eigenvalue weighted by atomic mass is 10.2. The molecule has 1 N–H and O–H groups in total. The van der Waals surface area contributed by atoms with Gasteiger partial charge in [0.2, 0.25) is 5.91 Å². The number of pyridine rings is 1. The first kappa shape index (κ1) is 23.4. The SMILES string of the molecule is Cn1cc(/C=C/C(=O)Nc2ccc(N(Cc3ccccn3)C(=O)/C=C/c3cnn(C)c3)cc2)cn1. The molecule has 0 unspecified atom stereocenters. The van der Waals surface area contributed by atoms with E-state index in [1.165, 1.54) is 12.2 Å². The van der Waals surface area contributed by atoms with Crippen LogP contribution in [0.4, 0.5) is 11.4 Å². The summed E-state index contributed by atoms with van der Waals surface area (Å²) in [5.74, 6) is -0.460. The molecular weight excluding hydrogens is 442 g/mol. The Labute approximate surface area is 203 Å². The summed E-state index contributed by atoms with van der Waals surface area (Å²) in [6.07, 6.45) is 15.1. The molecule has 0 bridgehead atoms. The second-order valence-electron chi connectivity index (χ2n) is 7.84. The minimum Gasteiger partial charge on any atom is -0.323 e. The molecule has 1 aromatic carbocycles. The number of nitrogens with zero attached hydrogens (tertiary/aromatic N) is 6. The van der Waals surface area contributed by atoms with Gasteiger partial charge in [0.1, 0.15) is 0 Å². The van der Waals surface area contributed by atoms with Crippen LogP contribution in [-0.2, 0) is 30.2 Å². The van der Waals surface area contributed by atoms with Gasteiger partial charge in [-0.3, -0.25) is 23.9 Å². The lowest BCUT2D eigenvalue weighted by Gasteiger charge is -2.21. The Morgan fingerprint density at radius 3 is 2.14 bits per heavy atom. The molecule has 3 heterocycles. The number of aromatic nitrogens is 5. The van der Waals surface area contributed by atoms with Crippen LogP contribution in [0, 0.1) is 0 Å². The number of anilines is 2. The first-order valence-corrected chi connectivity index (χ1v) is 10.9. The Kier molecular flexibility index (Phi) is 7.27. The van der Waals surface area contributed by atoms with Crippen molar-refractivity contribution in [3.63, 3.8) is 0 Å².